The molecule has 0 bridgehead atoms. The van der Waals surface area contributed by atoms with E-state index >= 15 is 0 Å². The van der Waals surface area contributed by atoms with Gasteiger partial charge in [0.2, 0.25) is 5.91 Å². The number of carbonyl (C=O) groups is 2. The quantitative estimate of drug-likeness (QED) is 0.642. The maximum atomic E-state index is 12.3. The zero-order valence-electron chi connectivity index (χ0n) is 17.8. The van der Waals surface area contributed by atoms with Gasteiger partial charge in [0.1, 0.15) is 5.75 Å². The summed E-state index contributed by atoms with van der Waals surface area (Å²) in [6, 6.07) is 11.0. The molecule has 0 atom stereocenters. The van der Waals surface area contributed by atoms with Crippen molar-refractivity contribution in [3.63, 3.8) is 0 Å². The lowest BCUT2D eigenvalue weighted by atomic mass is 10.2. The third kappa shape index (κ3) is 6.28. The first-order chi connectivity index (χ1) is 14.9. The highest BCUT2D eigenvalue weighted by Gasteiger charge is 2.20. The lowest BCUT2D eigenvalue weighted by Crippen LogP contribution is -2.48. The monoisotopic (exact) mass is 463 g/mol. The van der Waals surface area contributed by atoms with Crippen LogP contribution in [0, 0.1) is 6.92 Å². The number of hydrogen-bond donors (Lipinski definition) is 1. The highest BCUT2D eigenvalue weighted by atomic mass is 35.5. The Labute approximate surface area is 193 Å². The number of piperazine rings is 1. The molecule has 1 N–H and O–H groups in total. The minimum absolute atomic E-state index is 0.155. The average Bonchev–Trinajstić information content (AvgIpc) is 2.74. The number of hydrogen-bond acceptors (Lipinski definition) is 4. The Morgan fingerprint density at radius 1 is 1.06 bits per heavy atom. The van der Waals surface area contributed by atoms with E-state index in [4.69, 9.17) is 27.9 Å². The van der Waals surface area contributed by atoms with Gasteiger partial charge in [0, 0.05) is 49.0 Å². The third-order valence-electron chi connectivity index (χ3n) is 5.15. The molecule has 1 fully saturated rings. The van der Waals surface area contributed by atoms with E-state index in [0.717, 1.165) is 43.9 Å². The molecule has 1 heterocycles. The second-order valence-corrected chi connectivity index (χ2v) is 8.38. The molecule has 31 heavy (non-hydrogen) atoms. The largest absolute Gasteiger partial charge is 0.482 e. The van der Waals surface area contributed by atoms with E-state index in [1.807, 2.05) is 43.0 Å². The molecule has 0 saturated carbocycles. The number of aryl methyl sites for hydroxylation is 1. The number of anilines is 2. The van der Waals surface area contributed by atoms with Gasteiger partial charge in [-0.25, -0.2) is 0 Å². The van der Waals surface area contributed by atoms with Crippen LogP contribution >= 0.6 is 23.2 Å². The van der Waals surface area contributed by atoms with E-state index in [1.165, 1.54) is 0 Å². The van der Waals surface area contributed by atoms with Gasteiger partial charge in [0.25, 0.3) is 5.91 Å². The summed E-state index contributed by atoms with van der Waals surface area (Å²) in [7, 11) is 0. The standard InChI is InChI=1S/C23H27Cl2N3O3/c1-3-4-22(30)28-11-9-27(10-12-28)19-7-5-18(6-8-19)26-21(29)15-31-23-16(2)13-17(24)14-20(23)25/h5-8,13-14H,3-4,9-12,15H2,1-2H3,(H,26,29). The molecule has 2 aromatic carbocycles. The molecule has 8 heteroatoms. The Morgan fingerprint density at radius 3 is 2.35 bits per heavy atom. The van der Waals surface area contributed by atoms with E-state index in [9.17, 15) is 9.59 Å². The number of carbonyl (C=O) groups excluding carboxylic acids is 2. The molecular formula is C23H27Cl2N3O3. The van der Waals surface area contributed by atoms with Crippen molar-refractivity contribution in [3.8, 4) is 5.75 Å². The average molecular weight is 464 g/mol. The van der Waals surface area contributed by atoms with Gasteiger partial charge in [-0.1, -0.05) is 30.1 Å². The van der Waals surface area contributed by atoms with Crippen LogP contribution < -0.4 is 15.0 Å². The van der Waals surface area contributed by atoms with Gasteiger partial charge in [-0.2, -0.15) is 0 Å². The van der Waals surface area contributed by atoms with E-state index in [2.05, 4.69) is 10.2 Å². The lowest BCUT2D eigenvalue weighted by Gasteiger charge is -2.36. The van der Waals surface area contributed by atoms with E-state index in [0.29, 0.717) is 27.9 Å². The number of halogens is 2. The van der Waals surface area contributed by atoms with Crippen molar-refractivity contribution in [1.82, 2.24) is 4.90 Å². The van der Waals surface area contributed by atoms with Gasteiger partial charge >= 0.3 is 0 Å². The Morgan fingerprint density at radius 2 is 1.74 bits per heavy atom. The van der Waals surface area contributed by atoms with Crippen LogP contribution in [0.25, 0.3) is 0 Å². The van der Waals surface area contributed by atoms with E-state index in [1.54, 1.807) is 12.1 Å². The minimum atomic E-state index is -0.277. The van der Waals surface area contributed by atoms with Crippen LogP contribution in [0.15, 0.2) is 36.4 Å². The van der Waals surface area contributed by atoms with Crippen LogP contribution in [0.5, 0.6) is 5.75 Å². The van der Waals surface area contributed by atoms with E-state index < -0.39 is 0 Å². The molecule has 0 radical (unpaired) electrons. The van der Waals surface area contributed by atoms with Gasteiger partial charge in [0.05, 0.1) is 5.02 Å². The molecular weight excluding hydrogens is 437 g/mol. The van der Waals surface area contributed by atoms with Crippen LogP contribution in [0.2, 0.25) is 10.0 Å². The summed E-state index contributed by atoms with van der Waals surface area (Å²) in [6.45, 7) is 6.77. The fraction of sp³-hybridized carbons (Fsp3) is 0.391. The Bertz CT molecular complexity index is 903. The molecule has 2 aromatic rings. The van der Waals surface area contributed by atoms with Crippen LogP contribution in [0.3, 0.4) is 0 Å². The predicted molar refractivity (Wildman–Crippen MR) is 125 cm³/mol. The van der Waals surface area contributed by atoms with Gasteiger partial charge in [-0.3, -0.25) is 9.59 Å². The third-order valence-corrected chi connectivity index (χ3v) is 5.65. The van der Waals surface area contributed by atoms with Crippen molar-refractivity contribution in [2.45, 2.75) is 26.7 Å². The van der Waals surface area contributed by atoms with Crippen LogP contribution in [-0.4, -0.2) is 49.5 Å². The Hall–Kier alpha value is -2.44. The van der Waals surface area contributed by atoms with Crippen molar-refractivity contribution >= 4 is 46.4 Å². The Kier molecular flexibility index (Phi) is 8.04. The number of nitrogens with zero attached hydrogens (tertiary/aromatic N) is 2. The van der Waals surface area contributed by atoms with Crippen molar-refractivity contribution < 1.29 is 14.3 Å². The van der Waals surface area contributed by atoms with Gasteiger partial charge < -0.3 is 19.9 Å². The Balaban J connectivity index is 1.49. The van der Waals surface area contributed by atoms with Gasteiger partial charge in [-0.15, -0.1) is 0 Å². The normalized spacial score (nSPS) is 13.8. The molecule has 3 rings (SSSR count). The SMILES string of the molecule is CCCC(=O)N1CCN(c2ccc(NC(=O)COc3c(C)cc(Cl)cc3Cl)cc2)CC1. The van der Waals surface area contributed by atoms with Crippen LogP contribution in [0.1, 0.15) is 25.3 Å². The molecule has 0 unspecified atom stereocenters. The number of amides is 2. The maximum Gasteiger partial charge on any atom is 0.262 e. The summed E-state index contributed by atoms with van der Waals surface area (Å²) in [5.74, 6) is 0.409. The summed E-state index contributed by atoms with van der Waals surface area (Å²) < 4.78 is 5.58. The van der Waals surface area contributed by atoms with Gasteiger partial charge in [0.15, 0.2) is 6.61 Å². The highest BCUT2D eigenvalue weighted by molar-refractivity contribution is 6.35. The second kappa shape index (κ2) is 10.7. The molecule has 1 saturated heterocycles. The van der Waals surface area contributed by atoms with Crippen molar-refractivity contribution in [2.75, 3.05) is 43.0 Å². The smallest absolute Gasteiger partial charge is 0.262 e. The molecule has 166 valence electrons. The van der Waals surface area contributed by atoms with Crippen molar-refractivity contribution in [3.05, 3.63) is 52.0 Å². The molecule has 2 amide bonds. The lowest BCUT2D eigenvalue weighted by molar-refractivity contribution is -0.131. The molecule has 0 aliphatic carbocycles. The number of ether oxygens (including phenoxy) is 1. The summed E-state index contributed by atoms with van der Waals surface area (Å²) in [5.41, 5.74) is 2.53. The number of benzene rings is 2. The summed E-state index contributed by atoms with van der Waals surface area (Å²) in [6.07, 6.45) is 1.49. The molecule has 0 spiro atoms. The van der Waals surface area contributed by atoms with Crippen molar-refractivity contribution in [1.29, 1.82) is 0 Å². The zero-order valence-corrected chi connectivity index (χ0v) is 19.3. The number of rotatable bonds is 7. The first-order valence-corrected chi connectivity index (χ1v) is 11.1. The molecule has 0 aromatic heterocycles. The highest BCUT2D eigenvalue weighted by Crippen LogP contribution is 2.31. The fourth-order valence-corrected chi connectivity index (χ4v) is 4.20. The summed E-state index contributed by atoms with van der Waals surface area (Å²) in [5, 5.41) is 3.72. The van der Waals surface area contributed by atoms with Crippen LogP contribution in [0.4, 0.5) is 11.4 Å². The molecule has 1 aliphatic heterocycles. The summed E-state index contributed by atoms with van der Waals surface area (Å²) >= 11 is 12.1. The predicted octanol–water partition coefficient (Wildman–Crippen LogP) is 4.77. The van der Waals surface area contributed by atoms with Gasteiger partial charge in [-0.05, 0) is 55.3 Å². The first kappa shape index (κ1) is 23.2. The summed E-state index contributed by atoms with van der Waals surface area (Å²) in [4.78, 5) is 28.5. The second-order valence-electron chi connectivity index (χ2n) is 7.54. The zero-order chi connectivity index (χ0) is 22.4. The first-order valence-electron chi connectivity index (χ1n) is 10.4. The van der Waals surface area contributed by atoms with E-state index in [-0.39, 0.29) is 18.4 Å². The minimum Gasteiger partial charge on any atom is -0.482 e. The van der Waals surface area contributed by atoms with Crippen LogP contribution in [-0.2, 0) is 9.59 Å². The fourth-order valence-electron chi connectivity index (χ4n) is 3.55. The number of nitrogens with one attached hydrogen (secondary N) is 1. The molecule has 6 nitrogen and oxygen atoms in total. The van der Waals surface area contributed by atoms with Crippen molar-refractivity contribution in [2.24, 2.45) is 0 Å². The topological polar surface area (TPSA) is 61.9 Å². The molecule has 1 aliphatic rings. The maximum absolute atomic E-state index is 12.3.